The number of hydrogen-bond donors (Lipinski definition) is 1. The standard InChI is InChI=1S/C16H32N2O2.V/c1-13(2)16(20)18(4)9-6-8-17(3)15-11-14(12-15)7-5-10-19;/h13-15,19H,5-12H2,1-4H3;. The molecule has 1 aliphatic carbocycles. The van der Waals surface area contributed by atoms with Gasteiger partial charge in [0.1, 0.15) is 0 Å². The van der Waals surface area contributed by atoms with Crippen molar-refractivity contribution in [2.75, 3.05) is 33.8 Å². The molecule has 0 aromatic heterocycles. The molecule has 0 unspecified atom stereocenters. The molecule has 0 bridgehead atoms. The van der Waals surface area contributed by atoms with Crippen molar-refractivity contribution in [1.29, 1.82) is 0 Å². The van der Waals surface area contributed by atoms with Gasteiger partial charge in [-0.1, -0.05) is 13.8 Å². The van der Waals surface area contributed by atoms with Crippen LogP contribution in [0.1, 0.15) is 46.0 Å². The van der Waals surface area contributed by atoms with E-state index in [-0.39, 0.29) is 30.4 Å². The Labute approximate surface area is 142 Å². The summed E-state index contributed by atoms with van der Waals surface area (Å²) in [5.41, 5.74) is 0. The van der Waals surface area contributed by atoms with Crippen LogP contribution in [-0.2, 0) is 23.4 Å². The summed E-state index contributed by atoms with van der Waals surface area (Å²) in [6.45, 7) is 6.14. The van der Waals surface area contributed by atoms with E-state index in [4.69, 9.17) is 5.11 Å². The summed E-state index contributed by atoms with van der Waals surface area (Å²) in [6.07, 6.45) is 5.72. The first kappa shape index (κ1) is 21.0. The van der Waals surface area contributed by atoms with E-state index >= 15 is 0 Å². The Hall–Kier alpha value is -0.0256. The quantitative estimate of drug-likeness (QED) is 0.701. The van der Waals surface area contributed by atoms with Crippen LogP contribution in [0.15, 0.2) is 0 Å². The Kier molecular flexibility index (Phi) is 10.6. The zero-order chi connectivity index (χ0) is 15.1. The molecule has 1 fully saturated rings. The summed E-state index contributed by atoms with van der Waals surface area (Å²) < 4.78 is 0. The van der Waals surface area contributed by atoms with Crippen molar-refractivity contribution in [1.82, 2.24) is 9.80 Å². The molecular formula is C16H32N2O2V. The summed E-state index contributed by atoms with van der Waals surface area (Å²) in [4.78, 5) is 16.0. The van der Waals surface area contributed by atoms with E-state index in [2.05, 4.69) is 11.9 Å². The molecule has 1 rings (SSSR count). The van der Waals surface area contributed by atoms with Crippen LogP contribution in [-0.4, -0.2) is 60.6 Å². The Bertz CT molecular complexity index is 294. The van der Waals surface area contributed by atoms with Crippen molar-refractivity contribution in [3.05, 3.63) is 0 Å². The number of aliphatic hydroxyl groups is 1. The summed E-state index contributed by atoms with van der Waals surface area (Å²) in [5, 5.41) is 8.82. The average Bonchev–Trinajstić information content (AvgIpc) is 2.35. The minimum atomic E-state index is 0. The number of amides is 1. The fourth-order valence-electron chi connectivity index (χ4n) is 2.97. The zero-order valence-electron chi connectivity index (χ0n) is 14.1. The normalized spacial score (nSPS) is 21.1. The van der Waals surface area contributed by atoms with E-state index in [9.17, 15) is 4.79 Å². The average molecular weight is 335 g/mol. The van der Waals surface area contributed by atoms with Crippen molar-refractivity contribution < 1.29 is 28.5 Å². The minimum absolute atomic E-state index is 0. The van der Waals surface area contributed by atoms with Gasteiger partial charge in [-0.25, -0.2) is 0 Å². The number of carbonyl (C=O) groups excluding carboxylic acids is 1. The Balaban J connectivity index is 0.00000400. The number of rotatable bonds is 9. The summed E-state index contributed by atoms with van der Waals surface area (Å²) >= 11 is 0. The molecule has 1 amide bonds. The second kappa shape index (κ2) is 10.7. The fraction of sp³-hybridized carbons (Fsp3) is 0.938. The van der Waals surface area contributed by atoms with Crippen LogP contribution in [0, 0.1) is 11.8 Å². The van der Waals surface area contributed by atoms with Gasteiger partial charge in [-0.2, -0.15) is 0 Å². The van der Waals surface area contributed by atoms with Gasteiger partial charge in [0.15, 0.2) is 0 Å². The third-order valence-corrected chi connectivity index (χ3v) is 4.48. The molecule has 4 nitrogen and oxygen atoms in total. The number of aliphatic hydroxyl groups excluding tert-OH is 1. The van der Waals surface area contributed by atoms with Crippen molar-refractivity contribution in [3.8, 4) is 0 Å². The van der Waals surface area contributed by atoms with Crippen molar-refractivity contribution >= 4 is 5.91 Å². The van der Waals surface area contributed by atoms with Gasteiger partial charge in [-0.3, -0.25) is 4.79 Å². The maximum atomic E-state index is 11.8. The minimum Gasteiger partial charge on any atom is -0.396 e. The first-order valence-electron chi connectivity index (χ1n) is 8.01. The number of hydrogen-bond acceptors (Lipinski definition) is 3. The molecule has 0 aliphatic heterocycles. The van der Waals surface area contributed by atoms with Crippen LogP contribution in [0.25, 0.3) is 0 Å². The molecule has 0 heterocycles. The molecule has 0 spiro atoms. The van der Waals surface area contributed by atoms with Gasteiger partial charge < -0.3 is 14.9 Å². The first-order chi connectivity index (χ1) is 9.45. The molecule has 123 valence electrons. The van der Waals surface area contributed by atoms with Crippen molar-refractivity contribution in [3.63, 3.8) is 0 Å². The molecule has 0 aromatic carbocycles. The number of nitrogens with zero attached hydrogens (tertiary/aromatic N) is 2. The Morgan fingerprint density at radius 1 is 1.19 bits per heavy atom. The molecule has 1 aliphatic rings. The van der Waals surface area contributed by atoms with Crippen LogP contribution in [0.3, 0.4) is 0 Å². The second-order valence-electron chi connectivity index (χ2n) is 6.61. The van der Waals surface area contributed by atoms with Crippen LogP contribution in [0.2, 0.25) is 0 Å². The molecular weight excluding hydrogens is 303 g/mol. The fourth-order valence-corrected chi connectivity index (χ4v) is 2.97. The largest absolute Gasteiger partial charge is 0.396 e. The van der Waals surface area contributed by atoms with Gasteiger partial charge in [-0.15, -0.1) is 0 Å². The number of carbonyl (C=O) groups is 1. The molecule has 1 radical (unpaired) electrons. The van der Waals surface area contributed by atoms with Gasteiger partial charge in [0.2, 0.25) is 5.91 Å². The van der Waals surface area contributed by atoms with E-state index < -0.39 is 0 Å². The Morgan fingerprint density at radius 2 is 1.81 bits per heavy atom. The topological polar surface area (TPSA) is 43.8 Å². The van der Waals surface area contributed by atoms with Gasteiger partial charge in [0.25, 0.3) is 0 Å². The summed E-state index contributed by atoms with van der Waals surface area (Å²) in [6, 6.07) is 0.713. The SMILES string of the molecule is CC(C)C(=O)N(C)CCCN(C)C1CC(CCCO)C1.[V]. The van der Waals surface area contributed by atoms with Crippen molar-refractivity contribution in [2.45, 2.75) is 52.0 Å². The van der Waals surface area contributed by atoms with Gasteiger partial charge >= 0.3 is 0 Å². The van der Waals surface area contributed by atoms with Gasteiger partial charge in [0.05, 0.1) is 0 Å². The van der Waals surface area contributed by atoms with Gasteiger partial charge in [0, 0.05) is 50.7 Å². The molecule has 0 atom stereocenters. The van der Waals surface area contributed by atoms with E-state index in [1.807, 2.05) is 25.8 Å². The van der Waals surface area contributed by atoms with Crippen molar-refractivity contribution in [2.24, 2.45) is 11.8 Å². The third kappa shape index (κ3) is 7.18. The molecule has 0 saturated heterocycles. The molecule has 21 heavy (non-hydrogen) atoms. The predicted molar refractivity (Wildman–Crippen MR) is 82.6 cm³/mol. The molecule has 0 aromatic rings. The predicted octanol–water partition coefficient (Wildman–Crippen LogP) is 1.97. The smallest absolute Gasteiger partial charge is 0.224 e. The summed E-state index contributed by atoms with van der Waals surface area (Å²) in [5.74, 6) is 1.15. The molecule has 5 heteroatoms. The zero-order valence-corrected chi connectivity index (χ0v) is 15.5. The van der Waals surface area contributed by atoms with Gasteiger partial charge in [-0.05, 0) is 51.6 Å². The van der Waals surface area contributed by atoms with E-state index in [0.29, 0.717) is 12.6 Å². The van der Waals surface area contributed by atoms with Crippen LogP contribution >= 0.6 is 0 Å². The maximum absolute atomic E-state index is 11.8. The molecule has 1 saturated carbocycles. The maximum Gasteiger partial charge on any atom is 0.224 e. The third-order valence-electron chi connectivity index (χ3n) is 4.48. The van der Waals surface area contributed by atoms with Crippen LogP contribution in [0.5, 0.6) is 0 Å². The monoisotopic (exact) mass is 335 g/mol. The first-order valence-corrected chi connectivity index (χ1v) is 8.01. The van der Waals surface area contributed by atoms with Crippen LogP contribution in [0.4, 0.5) is 0 Å². The van der Waals surface area contributed by atoms with E-state index in [1.54, 1.807) is 0 Å². The summed E-state index contributed by atoms with van der Waals surface area (Å²) in [7, 11) is 4.09. The second-order valence-corrected chi connectivity index (χ2v) is 6.61. The van der Waals surface area contributed by atoms with Crippen LogP contribution < -0.4 is 0 Å². The molecule has 1 N–H and O–H groups in total. The van der Waals surface area contributed by atoms with E-state index in [0.717, 1.165) is 31.8 Å². The Morgan fingerprint density at radius 3 is 2.33 bits per heavy atom. The van der Waals surface area contributed by atoms with E-state index in [1.165, 1.54) is 19.3 Å².